The first-order valence-corrected chi connectivity index (χ1v) is 3.46. The molecule has 0 bridgehead atoms. The first kappa shape index (κ1) is 8.34. The highest BCUT2D eigenvalue weighted by atomic mass is 14.5. The Kier molecular flexibility index (Phi) is 3.93. The van der Waals surface area contributed by atoms with Gasteiger partial charge in [-0.1, -0.05) is 13.8 Å². The summed E-state index contributed by atoms with van der Waals surface area (Å²) < 4.78 is 0. The molecule has 2 heteroatoms. The molecule has 0 aliphatic heterocycles. The van der Waals surface area contributed by atoms with Crippen LogP contribution in [-0.2, 0) is 0 Å². The van der Waals surface area contributed by atoms with Crippen molar-refractivity contribution < 1.29 is 0 Å². The lowest BCUT2D eigenvalue weighted by atomic mass is 10.3. The fraction of sp³-hybridized carbons (Fsp3) is 0.714. The first-order chi connectivity index (χ1) is 4.30. The van der Waals surface area contributed by atoms with Gasteiger partial charge >= 0.3 is 0 Å². The van der Waals surface area contributed by atoms with E-state index in [4.69, 9.17) is 10.8 Å². The lowest BCUT2D eigenvalue weighted by Crippen LogP contribution is -1.99. The highest BCUT2D eigenvalue weighted by Gasteiger charge is 2.11. The van der Waals surface area contributed by atoms with Crippen LogP contribution in [-0.4, -0.2) is 11.4 Å². The quantitative estimate of drug-likeness (QED) is 0.500. The number of nitrogens with one attached hydrogen (secondary N) is 2. The minimum absolute atomic E-state index is 0.542. The van der Waals surface area contributed by atoms with E-state index in [2.05, 4.69) is 0 Å². The highest BCUT2D eigenvalue weighted by molar-refractivity contribution is 6.41. The summed E-state index contributed by atoms with van der Waals surface area (Å²) in [5, 5.41) is 14.1. The van der Waals surface area contributed by atoms with E-state index in [1.54, 1.807) is 0 Å². The Hall–Kier alpha value is -0.660. The molecule has 1 saturated carbocycles. The molecule has 1 fully saturated rings. The zero-order valence-corrected chi connectivity index (χ0v) is 6.12. The van der Waals surface area contributed by atoms with Gasteiger partial charge < -0.3 is 10.8 Å². The monoisotopic (exact) mass is 126 g/mol. The number of hydrogen-bond acceptors (Lipinski definition) is 2. The number of rotatable bonds is 0. The molecule has 0 atom stereocenters. The Bertz CT molecular complexity index is 102. The smallest absolute Gasteiger partial charge is 0.0521 e. The molecule has 0 unspecified atom stereocenters. The molecular formula is C7H14N2. The second kappa shape index (κ2) is 4.24. The summed E-state index contributed by atoms with van der Waals surface area (Å²) in [4.78, 5) is 0. The molecule has 0 saturated heterocycles. The van der Waals surface area contributed by atoms with Crippen LogP contribution in [0.15, 0.2) is 0 Å². The van der Waals surface area contributed by atoms with Crippen molar-refractivity contribution in [3.8, 4) is 0 Å². The standard InChI is InChI=1S/C5H8N2.C2H6/c6-4-2-1-3-5(4)7;1-2/h6-7H,1-3H2;1-2H3. The third-order valence-electron chi connectivity index (χ3n) is 1.22. The average molecular weight is 126 g/mol. The predicted octanol–water partition coefficient (Wildman–Crippen LogP) is 2.24. The maximum atomic E-state index is 7.03. The van der Waals surface area contributed by atoms with Crippen LogP contribution in [0, 0.1) is 10.8 Å². The van der Waals surface area contributed by atoms with Crippen molar-refractivity contribution >= 4 is 11.4 Å². The van der Waals surface area contributed by atoms with Crippen molar-refractivity contribution in [2.75, 3.05) is 0 Å². The minimum Gasteiger partial charge on any atom is -0.303 e. The van der Waals surface area contributed by atoms with Gasteiger partial charge in [0, 0.05) is 0 Å². The third kappa shape index (κ3) is 2.40. The van der Waals surface area contributed by atoms with E-state index < -0.39 is 0 Å². The Labute approximate surface area is 56.3 Å². The van der Waals surface area contributed by atoms with Gasteiger partial charge in [-0.15, -0.1) is 0 Å². The topological polar surface area (TPSA) is 47.7 Å². The zero-order chi connectivity index (χ0) is 7.28. The van der Waals surface area contributed by atoms with Gasteiger partial charge in [0.2, 0.25) is 0 Å². The molecule has 0 aromatic heterocycles. The largest absolute Gasteiger partial charge is 0.303 e. The SMILES string of the molecule is CC.N=C1CCCC1=N. The van der Waals surface area contributed by atoms with Gasteiger partial charge in [0.1, 0.15) is 0 Å². The van der Waals surface area contributed by atoms with Gasteiger partial charge in [0.25, 0.3) is 0 Å². The van der Waals surface area contributed by atoms with Gasteiger partial charge in [0.15, 0.2) is 0 Å². The van der Waals surface area contributed by atoms with Crippen molar-refractivity contribution in [1.82, 2.24) is 0 Å². The van der Waals surface area contributed by atoms with E-state index in [1.165, 1.54) is 0 Å². The Morgan fingerprint density at radius 3 is 1.44 bits per heavy atom. The van der Waals surface area contributed by atoms with E-state index in [1.807, 2.05) is 13.8 Å². The van der Waals surface area contributed by atoms with Crippen molar-refractivity contribution in [1.29, 1.82) is 10.8 Å². The van der Waals surface area contributed by atoms with Crippen LogP contribution in [0.4, 0.5) is 0 Å². The van der Waals surface area contributed by atoms with E-state index in [-0.39, 0.29) is 0 Å². The predicted molar refractivity (Wildman–Crippen MR) is 40.7 cm³/mol. The van der Waals surface area contributed by atoms with E-state index in [0.29, 0.717) is 11.4 Å². The lowest BCUT2D eigenvalue weighted by molar-refractivity contribution is 0.971. The summed E-state index contributed by atoms with van der Waals surface area (Å²) in [6, 6.07) is 0. The maximum absolute atomic E-state index is 7.03. The second-order valence-corrected chi connectivity index (χ2v) is 1.81. The van der Waals surface area contributed by atoms with Crippen LogP contribution in [0.3, 0.4) is 0 Å². The normalized spacial score (nSPS) is 17.1. The van der Waals surface area contributed by atoms with Gasteiger partial charge in [-0.3, -0.25) is 0 Å². The summed E-state index contributed by atoms with van der Waals surface area (Å²) >= 11 is 0. The molecule has 1 aliphatic carbocycles. The first-order valence-electron chi connectivity index (χ1n) is 3.46. The van der Waals surface area contributed by atoms with E-state index in [9.17, 15) is 0 Å². The highest BCUT2D eigenvalue weighted by Crippen LogP contribution is 2.08. The average Bonchev–Trinajstić information content (AvgIpc) is 2.23. The molecular weight excluding hydrogens is 112 g/mol. The van der Waals surface area contributed by atoms with Gasteiger partial charge in [-0.05, 0) is 19.3 Å². The van der Waals surface area contributed by atoms with Crippen molar-refractivity contribution in [2.45, 2.75) is 33.1 Å². The molecule has 0 radical (unpaired) electrons. The van der Waals surface area contributed by atoms with Gasteiger partial charge in [-0.2, -0.15) is 0 Å². The molecule has 0 aromatic rings. The zero-order valence-electron chi connectivity index (χ0n) is 6.12. The summed E-state index contributed by atoms with van der Waals surface area (Å²) in [7, 11) is 0. The molecule has 1 aliphatic rings. The fourth-order valence-electron chi connectivity index (χ4n) is 0.744. The Morgan fingerprint density at radius 1 is 1.00 bits per heavy atom. The van der Waals surface area contributed by atoms with Crippen LogP contribution in [0.2, 0.25) is 0 Å². The Morgan fingerprint density at radius 2 is 1.33 bits per heavy atom. The van der Waals surface area contributed by atoms with Crippen LogP contribution in [0.5, 0.6) is 0 Å². The van der Waals surface area contributed by atoms with E-state index >= 15 is 0 Å². The van der Waals surface area contributed by atoms with Gasteiger partial charge in [0.05, 0.1) is 11.4 Å². The molecule has 52 valence electrons. The van der Waals surface area contributed by atoms with E-state index in [0.717, 1.165) is 19.3 Å². The molecule has 2 nitrogen and oxygen atoms in total. The van der Waals surface area contributed by atoms with Crippen molar-refractivity contribution in [3.63, 3.8) is 0 Å². The van der Waals surface area contributed by atoms with Crippen molar-refractivity contribution in [2.24, 2.45) is 0 Å². The second-order valence-electron chi connectivity index (χ2n) is 1.81. The molecule has 0 spiro atoms. The maximum Gasteiger partial charge on any atom is 0.0521 e. The number of hydrogen-bond donors (Lipinski definition) is 2. The van der Waals surface area contributed by atoms with Crippen LogP contribution >= 0.6 is 0 Å². The summed E-state index contributed by atoms with van der Waals surface area (Å²) in [6.07, 6.45) is 2.69. The van der Waals surface area contributed by atoms with Gasteiger partial charge in [-0.25, -0.2) is 0 Å². The summed E-state index contributed by atoms with van der Waals surface area (Å²) in [5.41, 5.74) is 1.08. The molecule has 0 aromatic carbocycles. The minimum atomic E-state index is 0.542. The Balaban J connectivity index is 0.000000291. The fourth-order valence-corrected chi connectivity index (χ4v) is 0.744. The molecule has 1 rings (SSSR count). The molecule has 9 heavy (non-hydrogen) atoms. The van der Waals surface area contributed by atoms with Crippen LogP contribution < -0.4 is 0 Å². The lowest BCUT2D eigenvalue weighted by Gasteiger charge is -1.83. The van der Waals surface area contributed by atoms with Crippen LogP contribution in [0.1, 0.15) is 33.1 Å². The van der Waals surface area contributed by atoms with Crippen LogP contribution in [0.25, 0.3) is 0 Å². The summed E-state index contributed by atoms with van der Waals surface area (Å²) in [6.45, 7) is 4.00. The third-order valence-corrected chi connectivity index (χ3v) is 1.22. The van der Waals surface area contributed by atoms with Crippen molar-refractivity contribution in [3.05, 3.63) is 0 Å². The molecule has 0 heterocycles. The summed E-state index contributed by atoms with van der Waals surface area (Å²) in [5.74, 6) is 0. The molecule has 0 amide bonds. The molecule has 2 N–H and O–H groups in total.